The number of rotatable bonds is 4. The standard InChI is InChI=1S/C16H18NO3P/c1-2-12(11-21(18,19)20)17-15-9-5-3-7-13(15)14-8-4-6-10-16(14)17/h3-10,12H,2,11H2,1H3,(H2,18,19,20)/i1D. The average molecular weight is 304 g/mol. The third-order valence-corrected chi connectivity index (χ3v) is 4.66. The molecule has 0 bridgehead atoms. The van der Waals surface area contributed by atoms with E-state index in [0.29, 0.717) is 6.42 Å². The minimum atomic E-state index is -4.15. The molecule has 0 fully saturated rings. The van der Waals surface area contributed by atoms with Crippen molar-refractivity contribution in [2.45, 2.75) is 19.4 Å². The summed E-state index contributed by atoms with van der Waals surface area (Å²) in [5, 5.41) is 2.14. The first kappa shape index (κ1) is 13.1. The molecule has 2 N–H and O–H groups in total. The summed E-state index contributed by atoms with van der Waals surface area (Å²) in [4.78, 5) is 18.8. The van der Waals surface area contributed by atoms with Crippen molar-refractivity contribution in [3.05, 3.63) is 48.5 Å². The van der Waals surface area contributed by atoms with Crippen LogP contribution < -0.4 is 0 Å². The number of aromatic nitrogens is 1. The SMILES string of the molecule is [2H]CCC(CP(=O)(O)O)n1c2ccccc2c2ccccc21. The molecular weight excluding hydrogens is 285 g/mol. The molecule has 0 saturated carbocycles. The number of hydrogen-bond donors (Lipinski definition) is 2. The van der Waals surface area contributed by atoms with Crippen LogP contribution in [0.4, 0.5) is 0 Å². The first-order valence-electron chi connectivity index (χ1n) is 7.53. The van der Waals surface area contributed by atoms with Crippen LogP contribution in [-0.4, -0.2) is 20.5 Å². The molecule has 0 radical (unpaired) electrons. The smallest absolute Gasteiger partial charge is 0.327 e. The van der Waals surface area contributed by atoms with Crippen LogP contribution in [-0.2, 0) is 4.57 Å². The van der Waals surface area contributed by atoms with Gasteiger partial charge in [-0.2, -0.15) is 0 Å². The molecule has 3 rings (SSSR count). The summed E-state index contributed by atoms with van der Waals surface area (Å²) < 4.78 is 21.0. The van der Waals surface area contributed by atoms with E-state index < -0.39 is 7.60 Å². The van der Waals surface area contributed by atoms with E-state index in [0.717, 1.165) is 21.8 Å². The maximum absolute atomic E-state index is 11.5. The van der Waals surface area contributed by atoms with E-state index in [1.165, 1.54) is 0 Å². The third-order valence-electron chi connectivity index (χ3n) is 3.76. The van der Waals surface area contributed by atoms with Crippen LogP contribution in [0.25, 0.3) is 21.8 Å². The Morgan fingerprint density at radius 3 is 2.10 bits per heavy atom. The van der Waals surface area contributed by atoms with Crippen LogP contribution in [0.3, 0.4) is 0 Å². The minimum Gasteiger partial charge on any atom is -0.337 e. The van der Waals surface area contributed by atoms with Crippen molar-refractivity contribution in [2.75, 3.05) is 6.16 Å². The summed E-state index contributed by atoms with van der Waals surface area (Å²) in [6.07, 6.45) is 0.169. The predicted molar refractivity (Wildman–Crippen MR) is 85.7 cm³/mol. The van der Waals surface area contributed by atoms with E-state index in [1.807, 2.05) is 53.1 Å². The van der Waals surface area contributed by atoms with Gasteiger partial charge in [0.15, 0.2) is 0 Å². The Hall–Kier alpha value is -1.61. The molecule has 0 amide bonds. The monoisotopic (exact) mass is 304 g/mol. The van der Waals surface area contributed by atoms with Gasteiger partial charge in [0, 0.05) is 29.2 Å². The molecular formula is C16H18NO3P. The van der Waals surface area contributed by atoms with Crippen molar-refractivity contribution in [3.63, 3.8) is 0 Å². The number of hydrogen-bond acceptors (Lipinski definition) is 1. The Morgan fingerprint density at radius 2 is 1.62 bits per heavy atom. The predicted octanol–water partition coefficient (Wildman–Crippen LogP) is 3.92. The number of fused-ring (bicyclic) bond motifs is 3. The zero-order valence-corrected chi connectivity index (χ0v) is 12.4. The van der Waals surface area contributed by atoms with Gasteiger partial charge in [0.2, 0.25) is 0 Å². The summed E-state index contributed by atoms with van der Waals surface area (Å²) in [6.45, 7) is 0.130. The van der Waals surface area contributed by atoms with Crippen LogP contribution in [0, 0.1) is 0 Å². The molecule has 1 heterocycles. The van der Waals surface area contributed by atoms with Crippen molar-refractivity contribution in [1.29, 1.82) is 0 Å². The van der Waals surface area contributed by atoms with E-state index in [1.54, 1.807) is 0 Å². The molecule has 1 unspecified atom stereocenters. The fourth-order valence-electron chi connectivity index (χ4n) is 2.92. The fraction of sp³-hybridized carbons (Fsp3) is 0.250. The summed E-state index contributed by atoms with van der Waals surface area (Å²) in [6, 6.07) is 15.3. The van der Waals surface area contributed by atoms with Gasteiger partial charge in [-0.05, 0) is 18.6 Å². The first-order chi connectivity index (χ1) is 10.5. The van der Waals surface area contributed by atoms with Crippen LogP contribution in [0.2, 0.25) is 0 Å². The second kappa shape index (κ2) is 5.30. The van der Waals surface area contributed by atoms with E-state index in [4.69, 9.17) is 1.37 Å². The van der Waals surface area contributed by atoms with Crippen LogP contribution in [0.5, 0.6) is 0 Å². The van der Waals surface area contributed by atoms with Crippen LogP contribution in [0.1, 0.15) is 20.7 Å². The lowest BCUT2D eigenvalue weighted by Crippen LogP contribution is -2.12. The molecule has 4 nitrogen and oxygen atoms in total. The highest BCUT2D eigenvalue weighted by molar-refractivity contribution is 7.51. The number of para-hydroxylation sites is 2. The Bertz CT molecular complexity index is 802. The first-order valence-corrected chi connectivity index (χ1v) is 8.62. The maximum Gasteiger partial charge on any atom is 0.327 e. The van der Waals surface area contributed by atoms with E-state index in [-0.39, 0.29) is 19.1 Å². The molecule has 110 valence electrons. The Kier molecular flexibility index (Phi) is 3.30. The molecule has 2 aromatic carbocycles. The van der Waals surface area contributed by atoms with Crippen molar-refractivity contribution in [1.82, 2.24) is 4.57 Å². The molecule has 3 aromatic rings. The van der Waals surface area contributed by atoms with Crippen molar-refractivity contribution < 1.29 is 15.7 Å². The molecule has 21 heavy (non-hydrogen) atoms. The van der Waals surface area contributed by atoms with Gasteiger partial charge in [0.05, 0.1) is 6.16 Å². The van der Waals surface area contributed by atoms with Gasteiger partial charge in [0.25, 0.3) is 0 Å². The zero-order chi connectivity index (χ0) is 15.7. The molecule has 1 aromatic heterocycles. The quantitative estimate of drug-likeness (QED) is 0.718. The largest absolute Gasteiger partial charge is 0.337 e. The topological polar surface area (TPSA) is 62.5 Å². The van der Waals surface area contributed by atoms with E-state index in [9.17, 15) is 14.4 Å². The molecule has 0 aliphatic carbocycles. The molecule has 0 aliphatic rings. The summed E-state index contributed by atoms with van der Waals surface area (Å²) in [5.41, 5.74) is 1.91. The second-order valence-corrected chi connectivity index (χ2v) is 6.89. The van der Waals surface area contributed by atoms with Crippen LogP contribution >= 0.6 is 7.60 Å². The Labute approximate surface area is 124 Å². The molecule has 0 spiro atoms. The van der Waals surface area contributed by atoms with Gasteiger partial charge in [-0.3, -0.25) is 4.57 Å². The van der Waals surface area contributed by atoms with Gasteiger partial charge >= 0.3 is 7.60 Å². The molecule has 0 saturated heterocycles. The average Bonchev–Trinajstić information content (AvgIpc) is 2.80. The van der Waals surface area contributed by atoms with Gasteiger partial charge in [-0.25, -0.2) is 0 Å². The molecule has 0 aliphatic heterocycles. The number of nitrogens with zero attached hydrogens (tertiary/aromatic N) is 1. The maximum atomic E-state index is 11.5. The molecule has 5 heteroatoms. The van der Waals surface area contributed by atoms with Gasteiger partial charge in [-0.1, -0.05) is 43.3 Å². The van der Waals surface area contributed by atoms with E-state index in [2.05, 4.69) is 0 Å². The van der Waals surface area contributed by atoms with Gasteiger partial charge < -0.3 is 14.4 Å². The third kappa shape index (κ3) is 2.62. The highest BCUT2D eigenvalue weighted by atomic mass is 31.2. The van der Waals surface area contributed by atoms with Gasteiger partial charge in [0.1, 0.15) is 0 Å². The van der Waals surface area contributed by atoms with Gasteiger partial charge in [-0.15, -0.1) is 0 Å². The summed E-state index contributed by atoms with van der Waals surface area (Å²) in [7, 11) is -4.15. The second-order valence-electron chi connectivity index (χ2n) is 5.19. The minimum absolute atomic E-state index is 0.130. The van der Waals surface area contributed by atoms with E-state index >= 15 is 0 Å². The Morgan fingerprint density at radius 1 is 1.10 bits per heavy atom. The Balaban J connectivity index is 2.27. The van der Waals surface area contributed by atoms with Crippen LogP contribution in [0.15, 0.2) is 48.5 Å². The molecule has 1 atom stereocenters. The lowest BCUT2D eigenvalue weighted by atomic mass is 10.2. The van der Waals surface area contributed by atoms with Crippen molar-refractivity contribution in [3.8, 4) is 0 Å². The highest BCUT2D eigenvalue weighted by Gasteiger charge is 2.24. The lowest BCUT2D eigenvalue weighted by molar-refractivity contribution is 0.360. The van der Waals surface area contributed by atoms with Crippen molar-refractivity contribution >= 4 is 29.4 Å². The lowest BCUT2D eigenvalue weighted by Gasteiger charge is -2.20. The summed E-state index contributed by atoms with van der Waals surface area (Å²) in [5.74, 6) is 0. The summed E-state index contributed by atoms with van der Waals surface area (Å²) >= 11 is 0. The fourth-order valence-corrected chi connectivity index (χ4v) is 3.82. The van der Waals surface area contributed by atoms with Crippen molar-refractivity contribution in [2.24, 2.45) is 0 Å². The normalized spacial score (nSPS) is 14.5. The highest BCUT2D eigenvalue weighted by Crippen LogP contribution is 2.42. The number of benzene rings is 2. The zero-order valence-electron chi connectivity index (χ0n) is 12.5.